The topological polar surface area (TPSA) is 76.5 Å². The molecule has 1 aromatic rings. The molecule has 1 unspecified atom stereocenters. The number of anilines is 1. The summed E-state index contributed by atoms with van der Waals surface area (Å²) in [5, 5.41) is 19.3. The molecule has 7 nitrogen and oxygen atoms in total. The first-order chi connectivity index (χ1) is 17.0. The maximum Gasteiger partial charge on any atom is 0.434 e. The van der Waals surface area contributed by atoms with Crippen LogP contribution in [0.15, 0.2) is 18.2 Å². The first-order valence-electron chi connectivity index (χ1n) is 11.1. The molecule has 0 aromatic heterocycles. The fraction of sp³-hybridized carbons (Fsp3) is 0.667. The van der Waals surface area contributed by atoms with Crippen LogP contribution in [0.2, 0.25) is 0 Å². The Morgan fingerprint density at radius 3 is 2.05 bits per heavy atom. The van der Waals surface area contributed by atoms with Gasteiger partial charge in [-0.05, 0) is 30.5 Å². The summed E-state index contributed by atoms with van der Waals surface area (Å²) < 4.78 is 120. The van der Waals surface area contributed by atoms with Crippen LogP contribution in [-0.4, -0.2) is 89.6 Å². The number of carbonyl (C=O) groups is 1. The number of hydrogen-bond acceptors (Lipinski definition) is 6. The molecule has 1 atom stereocenters. The second-order valence-corrected chi connectivity index (χ2v) is 8.77. The van der Waals surface area contributed by atoms with Gasteiger partial charge in [0.2, 0.25) is 0 Å². The number of piperazine rings is 1. The molecular formula is C21H24F9N3O4. The van der Waals surface area contributed by atoms with E-state index in [2.05, 4.69) is 4.74 Å². The molecule has 0 aliphatic carbocycles. The van der Waals surface area contributed by atoms with E-state index in [4.69, 9.17) is 0 Å². The Labute approximate surface area is 205 Å². The molecule has 210 valence electrons. The average molecular weight is 553 g/mol. The van der Waals surface area contributed by atoms with Crippen molar-refractivity contribution >= 4 is 11.8 Å². The van der Waals surface area contributed by atoms with Gasteiger partial charge in [-0.15, -0.1) is 0 Å². The van der Waals surface area contributed by atoms with E-state index in [1.807, 2.05) is 0 Å². The van der Waals surface area contributed by atoms with Crippen molar-refractivity contribution in [3.63, 3.8) is 0 Å². The lowest BCUT2D eigenvalue weighted by Gasteiger charge is -2.36. The highest BCUT2D eigenvalue weighted by Crippen LogP contribution is 2.38. The molecule has 2 aliphatic heterocycles. The number of nitrogens with zero attached hydrogens (tertiary/aromatic N) is 3. The van der Waals surface area contributed by atoms with Gasteiger partial charge >= 0.3 is 24.6 Å². The highest BCUT2D eigenvalue weighted by Gasteiger charge is 2.60. The van der Waals surface area contributed by atoms with E-state index in [1.54, 1.807) is 4.90 Å². The zero-order valence-corrected chi connectivity index (χ0v) is 19.1. The highest BCUT2D eigenvalue weighted by molar-refractivity contribution is 5.68. The lowest BCUT2D eigenvalue weighted by atomic mass is 10.1. The van der Waals surface area contributed by atoms with Crippen LogP contribution in [0.1, 0.15) is 24.0 Å². The number of ether oxygens (including phenoxy) is 1. The molecule has 37 heavy (non-hydrogen) atoms. The van der Waals surface area contributed by atoms with Crippen molar-refractivity contribution in [3.05, 3.63) is 29.3 Å². The normalized spacial score (nSPS) is 20.3. The lowest BCUT2D eigenvalue weighted by Crippen LogP contribution is -2.52. The van der Waals surface area contributed by atoms with Crippen molar-refractivity contribution in [1.29, 1.82) is 0 Å². The first-order valence-corrected chi connectivity index (χ1v) is 11.1. The molecule has 2 saturated heterocycles. The van der Waals surface area contributed by atoms with Crippen molar-refractivity contribution in [1.82, 2.24) is 9.80 Å². The third-order valence-electron chi connectivity index (χ3n) is 6.20. The highest BCUT2D eigenvalue weighted by atomic mass is 19.4. The van der Waals surface area contributed by atoms with Gasteiger partial charge in [0.1, 0.15) is 0 Å². The maximum atomic E-state index is 13.3. The summed E-state index contributed by atoms with van der Waals surface area (Å²) in [6, 6.07) is 2.17. The third-order valence-corrected chi connectivity index (χ3v) is 6.20. The quantitative estimate of drug-likeness (QED) is 0.428. The summed E-state index contributed by atoms with van der Waals surface area (Å²) in [5.74, 6) is 0. The van der Waals surface area contributed by atoms with Crippen molar-refractivity contribution < 1.29 is 59.3 Å². The molecule has 2 fully saturated rings. The van der Waals surface area contributed by atoms with E-state index in [0.29, 0.717) is 23.3 Å². The summed E-state index contributed by atoms with van der Waals surface area (Å²) in [4.78, 5) is 15.8. The minimum absolute atomic E-state index is 0.00960. The van der Waals surface area contributed by atoms with E-state index < -0.39 is 48.6 Å². The average Bonchev–Trinajstić information content (AvgIpc) is 3.26. The van der Waals surface area contributed by atoms with Crippen LogP contribution in [0.3, 0.4) is 0 Å². The van der Waals surface area contributed by atoms with E-state index in [0.717, 1.165) is 12.1 Å². The van der Waals surface area contributed by atoms with Crippen molar-refractivity contribution in [2.75, 3.05) is 37.6 Å². The molecule has 0 radical (unpaired) electrons. The Bertz CT molecular complexity index is 931. The van der Waals surface area contributed by atoms with Crippen LogP contribution in [0, 0.1) is 0 Å². The zero-order valence-electron chi connectivity index (χ0n) is 19.1. The van der Waals surface area contributed by atoms with Crippen LogP contribution in [-0.2, 0) is 17.5 Å². The standard InChI is InChI=1S/C21H24F9N3O4/c22-19(23,24)13-4-3-12(15(10-13)33-5-1-2-14(33)16(34)35)11-31-6-8-32(9-7-31)18(36)37-17(20(25,26)27)21(28,29)30/h3-4,10,14,16-17,34-35H,1-2,5-9,11H2. The number of aliphatic hydroxyl groups is 2. The number of alkyl halides is 9. The predicted octanol–water partition coefficient (Wildman–Crippen LogP) is 3.73. The van der Waals surface area contributed by atoms with E-state index >= 15 is 0 Å². The van der Waals surface area contributed by atoms with Crippen LogP contribution in [0.5, 0.6) is 0 Å². The number of carbonyl (C=O) groups excluding carboxylic acids is 1. The summed E-state index contributed by atoms with van der Waals surface area (Å²) >= 11 is 0. The van der Waals surface area contributed by atoms with Crippen molar-refractivity contribution in [2.45, 2.75) is 56.4 Å². The third kappa shape index (κ3) is 7.10. The Morgan fingerprint density at radius 2 is 1.54 bits per heavy atom. The van der Waals surface area contributed by atoms with Gasteiger partial charge in [-0.3, -0.25) is 4.90 Å². The maximum absolute atomic E-state index is 13.3. The molecule has 1 aromatic carbocycles. The molecular weight excluding hydrogens is 529 g/mol. The zero-order chi connectivity index (χ0) is 27.8. The van der Waals surface area contributed by atoms with Crippen LogP contribution in [0.25, 0.3) is 0 Å². The molecule has 0 spiro atoms. The fourth-order valence-corrected chi connectivity index (χ4v) is 4.37. The van der Waals surface area contributed by atoms with Gasteiger partial charge in [0.05, 0.1) is 11.6 Å². The lowest BCUT2D eigenvalue weighted by molar-refractivity contribution is -0.308. The van der Waals surface area contributed by atoms with Crippen LogP contribution >= 0.6 is 0 Å². The summed E-state index contributed by atoms with van der Waals surface area (Å²) in [6.07, 6.45) is -23.3. The molecule has 1 amide bonds. The van der Waals surface area contributed by atoms with Gasteiger partial charge in [-0.1, -0.05) is 6.07 Å². The molecule has 0 bridgehead atoms. The summed E-state index contributed by atoms with van der Waals surface area (Å²) in [7, 11) is 0. The Morgan fingerprint density at radius 1 is 0.946 bits per heavy atom. The molecule has 16 heteroatoms. The van der Waals surface area contributed by atoms with Gasteiger partial charge < -0.3 is 24.7 Å². The largest absolute Gasteiger partial charge is 0.434 e. The van der Waals surface area contributed by atoms with E-state index in [1.165, 1.54) is 11.0 Å². The smallest absolute Gasteiger partial charge is 0.426 e. The summed E-state index contributed by atoms with van der Waals surface area (Å²) in [6.45, 7) is -0.267. The molecule has 2 aliphatic rings. The van der Waals surface area contributed by atoms with Crippen LogP contribution < -0.4 is 4.90 Å². The second-order valence-electron chi connectivity index (χ2n) is 8.77. The fourth-order valence-electron chi connectivity index (χ4n) is 4.37. The Hall–Kier alpha value is -2.46. The molecule has 2 heterocycles. The van der Waals surface area contributed by atoms with Crippen LogP contribution in [0.4, 0.5) is 50.0 Å². The van der Waals surface area contributed by atoms with Crippen molar-refractivity contribution in [3.8, 4) is 0 Å². The van der Waals surface area contributed by atoms with Gasteiger partial charge in [0.15, 0.2) is 6.29 Å². The molecule has 3 rings (SSSR count). The number of benzene rings is 1. The predicted molar refractivity (Wildman–Crippen MR) is 109 cm³/mol. The van der Waals surface area contributed by atoms with Gasteiger partial charge in [0, 0.05) is 45.0 Å². The first kappa shape index (κ1) is 29.1. The number of halogens is 9. The number of aliphatic hydroxyl groups excluding tert-OH is 1. The minimum atomic E-state index is -5.84. The molecule has 0 saturated carbocycles. The second kappa shape index (κ2) is 10.7. The minimum Gasteiger partial charge on any atom is -0.426 e. The van der Waals surface area contributed by atoms with E-state index in [9.17, 15) is 54.5 Å². The summed E-state index contributed by atoms with van der Waals surface area (Å²) in [5.41, 5.74) is -0.419. The molecule has 2 N–H and O–H groups in total. The van der Waals surface area contributed by atoms with Gasteiger partial charge in [0.25, 0.3) is 6.10 Å². The Kier molecular flexibility index (Phi) is 8.44. The van der Waals surface area contributed by atoms with Gasteiger partial charge in [-0.2, -0.15) is 39.5 Å². The number of hydrogen-bond donors (Lipinski definition) is 2. The van der Waals surface area contributed by atoms with E-state index in [-0.39, 0.29) is 45.0 Å². The SMILES string of the molecule is O=C(OC(C(F)(F)F)C(F)(F)F)N1CCN(Cc2ccc(C(F)(F)F)cc2N2CCCC2C(O)O)CC1. The van der Waals surface area contributed by atoms with Gasteiger partial charge in [-0.25, -0.2) is 4.79 Å². The Balaban J connectivity index is 1.71. The van der Waals surface area contributed by atoms with Crippen molar-refractivity contribution in [2.24, 2.45) is 0 Å². The number of amides is 1. The monoisotopic (exact) mass is 553 g/mol. The number of rotatable bonds is 5.